The third-order valence-corrected chi connectivity index (χ3v) is 5.18. The van der Waals surface area contributed by atoms with Crippen LogP contribution in [0.2, 0.25) is 6.04 Å². The first-order chi connectivity index (χ1) is 8.91. The number of aryl methyl sites for hydroxylation is 1. The quantitative estimate of drug-likeness (QED) is 0.477. The smallest absolute Gasteiger partial charge is 0.390 e. The largest absolute Gasteiger partial charge is 0.497 e. The van der Waals surface area contributed by atoms with Crippen molar-refractivity contribution in [3.63, 3.8) is 0 Å². The molecule has 1 N–H and O–H groups in total. The van der Waals surface area contributed by atoms with Gasteiger partial charge in [0.25, 0.3) is 0 Å². The van der Waals surface area contributed by atoms with Crippen LogP contribution < -0.4 is 0 Å². The normalized spacial score (nSPS) is 11.9. The molecule has 0 atom stereocenters. The maximum atomic E-state index is 13.3. The molecule has 1 aromatic carbocycles. The van der Waals surface area contributed by atoms with Gasteiger partial charge in [0, 0.05) is 26.3 Å². The van der Waals surface area contributed by atoms with Gasteiger partial charge in [-0.25, -0.2) is 13.2 Å². The van der Waals surface area contributed by atoms with Gasteiger partial charge in [-0.3, -0.25) is 0 Å². The van der Waals surface area contributed by atoms with Crippen molar-refractivity contribution < 1.29 is 26.8 Å². The summed E-state index contributed by atoms with van der Waals surface area (Å²) in [5.74, 6) is -3.01. The predicted octanol–water partition coefficient (Wildman–Crippen LogP) is 2.65. The molecule has 0 fully saturated rings. The first-order valence-corrected chi connectivity index (χ1v) is 7.85. The van der Waals surface area contributed by atoms with Gasteiger partial charge in [-0.2, -0.15) is 0 Å². The van der Waals surface area contributed by atoms with E-state index in [4.69, 9.17) is 8.85 Å². The standard InChI is InChI=1S/C12H17F3O3Si/c1-17-19(16,18-2)6-4-3-5-9-7-11(14)12(15)8-10(9)13/h7-8,16H,3-6H2,1-2H3. The summed E-state index contributed by atoms with van der Waals surface area (Å²) < 4.78 is 48.8. The van der Waals surface area contributed by atoms with Crippen LogP contribution in [0.3, 0.4) is 0 Å². The third kappa shape index (κ3) is 4.61. The van der Waals surface area contributed by atoms with Crippen molar-refractivity contribution in [1.29, 1.82) is 0 Å². The third-order valence-electron chi connectivity index (χ3n) is 2.92. The highest BCUT2D eigenvalue weighted by atomic mass is 28.4. The molecule has 0 aliphatic rings. The maximum absolute atomic E-state index is 13.3. The minimum Gasteiger partial charge on any atom is -0.390 e. The second-order valence-electron chi connectivity index (χ2n) is 4.19. The molecule has 0 heterocycles. The van der Waals surface area contributed by atoms with Gasteiger partial charge < -0.3 is 13.6 Å². The van der Waals surface area contributed by atoms with Crippen LogP contribution in [0, 0.1) is 17.5 Å². The second kappa shape index (κ2) is 7.04. The number of hydrogen-bond acceptors (Lipinski definition) is 3. The summed E-state index contributed by atoms with van der Waals surface area (Å²) in [5, 5.41) is 0. The molecule has 19 heavy (non-hydrogen) atoms. The first-order valence-electron chi connectivity index (χ1n) is 5.88. The molecular formula is C12H17F3O3Si. The van der Waals surface area contributed by atoms with E-state index in [9.17, 15) is 18.0 Å². The molecule has 7 heteroatoms. The van der Waals surface area contributed by atoms with Crippen LogP contribution in [0.1, 0.15) is 18.4 Å². The van der Waals surface area contributed by atoms with Gasteiger partial charge in [0.2, 0.25) is 0 Å². The van der Waals surface area contributed by atoms with E-state index in [-0.39, 0.29) is 12.0 Å². The molecule has 1 rings (SSSR count). The number of hydrogen-bond donors (Lipinski definition) is 1. The molecule has 0 amide bonds. The zero-order chi connectivity index (χ0) is 14.5. The average molecular weight is 294 g/mol. The van der Waals surface area contributed by atoms with Crippen molar-refractivity contribution in [3.05, 3.63) is 35.1 Å². The topological polar surface area (TPSA) is 38.7 Å². The van der Waals surface area contributed by atoms with Crippen LogP contribution >= 0.6 is 0 Å². The highest BCUT2D eigenvalue weighted by Crippen LogP contribution is 2.18. The molecule has 0 unspecified atom stereocenters. The Hall–Kier alpha value is -0.893. The van der Waals surface area contributed by atoms with Crippen molar-refractivity contribution in [1.82, 2.24) is 0 Å². The monoisotopic (exact) mass is 294 g/mol. The molecule has 0 saturated heterocycles. The lowest BCUT2D eigenvalue weighted by Crippen LogP contribution is -2.39. The zero-order valence-corrected chi connectivity index (χ0v) is 11.9. The number of rotatable bonds is 7. The highest BCUT2D eigenvalue weighted by molar-refractivity contribution is 6.59. The van der Waals surface area contributed by atoms with E-state index in [1.165, 1.54) is 14.2 Å². The molecule has 0 aliphatic carbocycles. The highest BCUT2D eigenvalue weighted by Gasteiger charge is 2.33. The fourth-order valence-corrected chi connectivity index (χ4v) is 2.98. The van der Waals surface area contributed by atoms with Crippen LogP contribution in [-0.2, 0) is 15.3 Å². The van der Waals surface area contributed by atoms with Crippen LogP contribution in [-0.4, -0.2) is 27.8 Å². The molecule has 3 nitrogen and oxygen atoms in total. The summed E-state index contributed by atoms with van der Waals surface area (Å²) >= 11 is 0. The fraction of sp³-hybridized carbons (Fsp3) is 0.500. The lowest BCUT2D eigenvalue weighted by Gasteiger charge is -2.19. The second-order valence-corrected chi connectivity index (χ2v) is 6.93. The number of benzene rings is 1. The number of unbranched alkanes of at least 4 members (excludes halogenated alkanes) is 1. The van der Waals surface area contributed by atoms with E-state index in [1.807, 2.05) is 0 Å². The Morgan fingerprint density at radius 1 is 1.00 bits per heavy atom. The Kier molecular flexibility index (Phi) is 5.99. The van der Waals surface area contributed by atoms with E-state index < -0.39 is 26.3 Å². The van der Waals surface area contributed by atoms with Crippen LogP contribution in [0.25, 0.3) is 0 Å². The van der Waals surface area contributed by atoms with Gasteiger partial charge in [0.1, 0.15) is 5.82 Å². The average Bonchev–Trinajstić information content (AvgIpc) is 2.40. The molecule has 0 aromatic heterocycles. The van der Waals surface area contributed by atoms with Crippen molar-refractivity contribution >= 4 is 8.80 Å². The van der Waals surface area contributed by atoms with Gasteiger partial charge in [-0.15, -0.1) is 0 Å². The minimum absolute atomic E-state index is 0.124. The molecule has 0 aliphatic heterocycles. The van der Waals surface area contributed by atoms with Crippen LogP contribution in [0.5, 0.6) is 0 Å². The lowest BCUT2D eigenvalue weighted by atomic mass is 10.1. The first kappa shape index (κ1) is 16.2. The van der Waals surface area contributed by atoms with E-state index in [1.54, 1.807) is 0 Å². The van der Waals surface area contributed by atoms with Gasteiger partial charge in [0.05, 0.1) is 0 Å². The number of halogens is 3. The van der Waals surface area contributed by atoms with E-state index >= 15 is 0 Å². The van der Waals surface area contributed by atoms with Crippen molar-refractivity contribution in [2.24, 2.45) is 0 Å². The summed E-state index contributed by atoms with van der Waals surface area (Å²) in [6.45, 7) is 0. The summed E-state index contributed by atoms with van der Waals surface area (Å²) in [6.07, 6.45) is 1.33. The van der Waals surface area contributed by atoms with E-state index in [0.29, 0.717) is 25.0 Å². The van der Waals surface area contributed by atoms with Gasteiger partial charge in [-0.05, 0) is 30.9 Å². The van der Waals surface area contributed by atoms with Crippen molar-refractivity contribution in [2.75, 3.05) is 14.2 Å². The Bertz CT molecular complexity index is 425. The Labute approximate surface area is 111 Å². The van der Waals surface area contributed by atoms with Crippen LogP contribution in [0.4, 0.5) is 13.2 Å². The molecule has 0 radical (unpaired) electrons. The summed E-state index contributed by atoms with van der Waals surface area (Å²) in [6, 6.07) is 1.74. The summed E-state index contributed by atoms with van der Waals surface area (Å²) in [7, 11) is -0.365. The summed E-state index contributed by atoms with van der Waals surface area (Å²) in [4.78, 5) is 9.77. The molecule has 0 spiro atoms. The van der Waals surface area contributed by atoms with Gasteiger partial charge >= 0.3 is 8.80 Å². The molecule has 0 saturated carbocycles. The SMILES string of the molecule is CO[Si](O)(CCCCc1cc(F)c(F)cc1F)OC. The lowest BCUT2D eigenvalue weighted by molar-refractivity contribution is 0.150. The van der Waals surface area contributed by atoms with Crippen molar-refractivity contribution in [3.8, 4) is 0 Å². The zero-order valence-electron chi connectivity index (χ0n) is 10.9. The van der Waals surface area contributed by atoms with E-state index in [0.717, 1.165) is 6.07 Å². The Balaban J connectivity index is 2.48. The Morgan fingerprint density at radius 2 is 1.58 bits per heavy atom. The van der Waals surface area contributed by atoms with Crippen LogP contribution in [0.15, 0.2) is 12.1 Å². The fourth-order valence-electron chi connectivity index (χ4n) is 1.71. The predicted molar refractivity (Wildman–Crippen MR) is 66.1 cm³/mol. The van der Waals surface area contributed by atoms with Gasteiger partial charge in [0.15, 0.2) is 11.6 Å². The minimum atomic E-state index is -3.10. The maximum Gasteiger partial charge on any atom is 0.497 e. The molecule has 0 bridgehead atoms. The molecule has 1 aromatic rings. The van der Waals surface area contributed by atoms with E-state index in [2.05, 4.69) is 0 Å². The molecule has 108 valence electrons. The summed E-state index contributed by atoms with van der Waals surface area (Å²) in [5.41, 5.74) is 0.124. The van der Waals surface area contributed by atoms with Gasteiger partial charge in [-0.1, -0.05) is 0 Å². The Morgan fingerprint density at radius 3 is 2.16 bits per heavy atom. The molecular weight excluding hydrogens is 277 g/mol. The van der Waals surface area contributed by atoms with Crippen molar-refractivity contribution in [2.45, 2.75) is 25.3 Å².